The lowest BCUT2D eigenvalue weighted by molar-refractivity contribution is -0.182. The molecule has 0 aliphatic rings. The van der Waals surface area contributed by atoms with Crippen molar-refractivity contribution in [2.75, 3.05) is 6.26 Å². The highest BCUT2D eigenvalue weighted by Crippen LogP contribution is 2.37. The Morgan fingerprint density at radius 3 is 1.94 bits per heavy atom. The highest BCUT2D eigenvalue weighted by molar-refractivity contribution is 7.93. The van der Waals surface area contributed by atoms with Crippen LogP contribution in [0.1, 0.15) is 13.8 Å². The molecule has 0 aliphatic heterocycles. The molecule has 1 atom stereocenters. The Labute approximate surface area is 96.1 Å². The quantitative estimate of drug-likeness (QED) is 0.710. The minimum Gasteiger partial charge on any atom is -0.461 e. The predicted molar refractivity (Wildman–Crippen MR) is 50.5 cm³/mol. The number of esters is 1. The van der Waals surface area contributed by atoms with Gasteiger partial charge in [0.25, 0.3) is 0 Å². The first-order valence-corrected chi connectivity index (χ1v) is 6.18. The molecule has 0 amide bonds. The first kappa shape index (κ1) is 15.7. The lowest BCUT2D eigenvalue weighted by Gasteiger charge is -2.25. The van der Waals surface area contributed by atoms with Crippen molar-refractivity contribution < 1.29 is 31.1 Å². The number of nitriles is 1. The van der Waals surface area contributed by atoms with Gasteiger partial charge in [0.1, 0.15) is 6.07 Å². The first-order valence-electron chi connectivity index (χ1n) is 4.28. The Bertz CT molecular complexity index is 448. The minimum absolute atomic E-state index is 0.158. The van der Waals surface area contributed by atoms with Crippen molar-refractivity contribution in [2.24, 2.45) is 0 Å². The molecule has 0 aromatic heterocycles. The van der Waals surface area contributed by atoms with Gasteiger partial charge in [0.15, 0.2) is 9.84 Å². The van der Waals surface area contributed by atoms with Crippen molar-refractivity contribution in [3.05, 3.63) is 0 Å². The van der Waals surface area contributed by atoms with Crippen molar-refractivity contribution in [3.8, 4) is 6.07 Å². The monoisotopic (exact) mass is 273 g/mol. The van der Waals surface area contributed by atoms with Crippen LogP contribution in [0, 0.1) is 11.3 Å². The van der Waals surface area contributed by atoms with Gasteiger partial charge in [-0.3, -0.25) is 0 Å². The van der Waals surface area contributed by atoms with E-state index < -0.39 is 32.8 Å². The van der Waals surface area contributed by atoms with E-state index >= 15 is 0 Å². The zero-order chi connectivity index (χ0) is 14.1. The molecule has 5 nitrogen and oxygen atoms in total. The van der Waals surface area contributed by atoms with Gasteiger partial charge in [-0.05, 0) is 13.8 Å². The largest absolute Gasteiger partial charge is 0.461 e. The van der Waals surface area contributed by atoms with Crippen LogP contribution in [-0.4, -0.2) is 37.7 Å². The fourth-order valence-electron chi connectivity index (χ4n) is 0.966. The van der Waals surface area contributed by atoms with Crippen molar-refractivity contribution in [3.63, 3.8) is 0 Å². The third-order valence-corrected chi connectivity index (χ3v) is 3.34. The van der Waals surface area contributed by atoms with Crippen LogP contribution in [-0.2, 0) is 19.4 Å². The summed E-state index contributed by atoms with van der Waals surface area (Å²) < 4.78 is 60.3. The number of hydrogen-bond acceptors (Lipinski definition) is 5. The molecule has 0 rings (SSSR count). The summed E-state index contributed by atoms with van der Waals surface area (Å²) in [6.45, 7) is 2.47. The Morgan fingerprint density at radius 2 is 1.76 bits per heavy atom. The van der Waals surface area contributed by atoms with E-state index in [-0.39, 0.29) is 6.26 Å². The van der Waals surface area contributed by atoms with E-state index in [1.54, 1.807) is 0 Å². The average Bonchev–Trinajstić information content (AvgIpc) is 1.97. The van der Waals surface area contributed by atoms with Crippen LogP contribution < -0.4 is 0 Å². The summed E-state index contributed by atoms with van der Waals surface area (Å²) in [5, 5.41) is 8.48. The van der Waals surface area contributed by atoms with Crippen molar-refractivity contribution in [1.29, 1.82) is 5.26 Å². The van der Waals surface area contributed by atoms with E-state index in [2.05, 4.69) is 4.74 Å². The molecule has 0 aliphatic carbocycles. The van der Waals surface area contributed by atoms with Gasteiger partial charge >= 0.3 is 16.9 Å². The highest BCUT2D eigenvalue weighted by atomic mass is 32.2. The van der Waals surface area contributed by atoms with E-state index in [9.17, 15) is 26.4 Å². The molecule has 98 valence electrons. The number of nitrogens with zero attached hydrogens (tertiary/aromatic N) is 1. The molecular weight excluding hydrogens is 263 g/mol. The molecule has 0 aromatic rings. The number of carbonyl (C=O) groups excluding carboxylic acids is 1. The fraction of sp³-hybridized carbons (Fsp3) is 0.750. The van der Waals surface area contributed by atoms with Crippen LogP contribution in [0.2, 0.25) is 0 Å². The molecule has 0 N–H and O–H groups in total. The van der Waals surface area contributed by atoms with E-state index in [0.29, 0.717) is 6.07 Å². The Balaban J connectivity index is 5.92. The SMILES string of the molecule is CC(C)OC(=O)C(C#N)(C(F)(F)F)S(C)(=O)=O. The molecule has 0 fully saturated rings. The third-order valence-electron chi connectivity index (χ3n) is 1.74. The molecule has 1 unspecified atom stereocenters. The van der Waals surface area contributed by atoms with Gasteiger partial charge in [-0.25, -0.2) is 13.2 Å². The van der Waals surface area contributed by atoms with E-state index in [1.165, 1.54) is 13.8 Å². The number of alkyl halides is 3. The Morgan fingerprint density at radius 1 is 1.35 bits per heavy atom. The minimum atomic E-state index is -5.57. The van der Waals surface area contributed by atoms with Gasteiger partial charge in [0.05, 0.1) is 6.10 Å². The number of halogens is 3. The normalized spacial score (nSPS) is 16.1. The van der Waals surface area contributed by atoms with Gasteiger partial charge in [-0.15, -0.1) is 0 Å². The number of hydrogen-bond donors (Lipinski definition) is 0. The van der Waals surface area contributed by atoms with E-state index in [0.717, 1.165) is 0 Å². The zero-order valence-electron chi connectivity index (χ0n) is 9.20. The van der Waals surface area contributed by atoms with Crippen molar-refractivity contribution >= 4 is 15.8 Å². The average molecular weight is 273 g/mol. The molecule has 0 bridgehead atoms. The lowest BCUT2D eigenvalue weighted by atomic mass is 10.1. The van der Waals surface area contributed by atoms with E-state index in [1.807, 2.05) is 0 Å². The summed E-state index contributed by atoms with van der Waals surface area (Å²) in [6.07, 6.45) is -6.38. The summed E-state index contributed by atoms with van der Waals surface area (Å²) in [5.74, 6) is -2.13. The standard InChI is InChI=1S/C8H10F3NO4S/c1-5(2)16-6(13)7(4-12,8(9,10)11)17(3,14)15/h5H,1-3H3. The fourth-order valence-corrected chi connectivity index (χ4v) is 1.90. The number of carbonyl (C=O) groups is 1. The van der Waals surface area contributed by atoms with Crippen LogP contribution in [0.3, 0.4) is 0 Å². The molecule has 17 heavy (non-hydrogen) atoms. The number of sulfone groups is 1. The highest BCUT2D eigenvalue weighted by Gasteiger charge is 2.70. The molecule has 0 spiro atoms. The second kappa shape index (κ2) is 4.52. The predicted octanol–water partition coefficient (Wildman–Crippen LogP) is 0.807. The van der Waals surface area contributed by atoms with Crippen molar-refractivity contribution in [1.82, 2.24) is 0 Å². The maximum Gasteiger partial charge on any atom is 0.432 e. The molecule has 0 aromatic carbocycles. The Hall–Kier alpha value is -1.30. The molecule has 0 radical (unpaired) electrons. The smallest absolute Gasteiger partial charge is 0.432 e. The van der Waals surface area contributed by atoms with E-state index in [4.69, 9.17) is 5.26 Å². The summed E-state index contributed by atoms with van der Waals surface area (Å²) in [6, 6.07) is 0.513. The summed E-state index contributed by atoms with van der Waals surface area (Å²) in [4.78, 5) is 11.3. The Kier molecular flexibility index (Phi) is 4.18. The maximum atomic E-state index is 12.7. The summed E-state index contributed by atoms with van der Waals surface area (Å²) in [7, 11) is -5.04. The van der Waals surface area contributed by atoms with Crippen LogP contribution >= 0.6 is 0 Å². The summed E-state index contributed by atoms with van der Waals surface area (Å²) >= 11 is 0. The van der Waals surface area contributed by atoms with Crippen LogP contribution in [0.15, 0.2) is 0 Å². The van der Waals surface area contributed by atoms with Gasteiger partial charge in [-0.1, -0.05) is 0 Å². The van der Waals surface area contributed by atoms with Gasteiger partial charge < -0.3 is 4.74 Å². The topological polar surface area (TPSA) is 84.2 Å². The lowest BCUT2D eigenvalue weighted by Crippen LogP contribution is -2.57. The van der Waals surface area contributed by atoms with Gasteiger partial charge in [-0.2, -0.15) is 18.4 Å². The van der Waals surface area contributed by atoms with Crippen LogP contribution in [0.25, 0.3) is 0 Å². The molecule has 9 heteroatoms. The molecule has 0 saturated carbocycles. The van der Waals surface area contributed by atoms with Crippen LogP contribution in [0.5, 0.6) is 0 Å². The second-order valence-electron chi connectivity index (χ2n) is 3.52. The molecule has 0 heterocycles. The second-order valence-corrected chi connectivity index (χ2v) is 5.67. The summed E-state index contributed by atoms with van der Waals surface area (Å²) in [5.41, 5.74) is 0. The van der Waals surface area contributed by atoms with Crippen molar-refractivity contribution in [2.45, 2.75) is 30.9 Å². The van der Waals surface area contributed by atoms with Gasteiger partial charge in [0, 0.05) is 6.26 Å². The maximum absolute atomic E-state index is 12.7. The molecule has 0 saturated heterocycles. The number of ether oxygens (including phenoxy) is 1. The van der Waals surface area contributed by atoms with Gasteiger partial charge in [0.2, 0.25) is 0 Å². The zero-order valence-corrected chi connectivity index (χ0v) is 10.0. The third kappa shape index (κ3) is 2.69. The first-order chi connectivity index (χ1) is 7.40. The molecular formula is C8H10F3NO4S. The number of rotatable bonds is 3. The van der Waals surface area contributed by atoms with Crippen LogP contribution in [0.4, 0.5) is 13.2 Å².